The molecule has 5 heteroatoms. The van der Waals surface area contributed by atoms with E-state index in [1.165, 1.54) is 5.56 Å². The predicted molar refractivity (Wildman–Crippen MR) is 95.7 cm³/mol. The Bertz CT molecular complexity index is 881. The topological polar surface area (TPSA) is 51.9 Å². The van der Waals surface area contributed by atoms with Crippen molar-refractivity contribution in [1.29, 1.82) is 0 Å². The lowest BCUT2D eigenvalue weighted by Gasteiger charge is -2.01. The number of hydrogen-bond acceptors (Lipinski definition) is 2. The Kier molecular flexibility index (Phi) is 5.80. The molecule has 0 saturated heterocycles. The SMILES string of the molecule is Cc1ccc(C(=O)C[n+]2cc(-c3ccc(C)cc3)n(C)c2N)cc1.[Br-]. The van der Waals surface area contributed by atoms with Crippen LogP contribution in [0.3, 0.4) is 0 Å². The summed E-state index contributed by atoms with van der Waals surface area (Å²) in [5, 5.41) is 0. The first-order chi connectivity index (χ1) is 11.5. The number of carbonyl (C=O) groups excluding carboxylic acids is 1. The lowest BCUT2D eigenvalue weighted by molar-refractivity contribution is -0.667. The summed E-state index contributed by atoms with van der Waals surface area (Å²) in [4.78, 5) is 12.5. The fourth-order valence-electron chi connectivity index (χ4n) is 2.72. The van der Waals surface area contributed by atoms with Gasteiger partial charge in [-0.15, -0.1) is 0 Å². The summed E-state index contributed by atoms with van der Waals surface area (Å²) < 4.78 is 3.71. The number of nitrogens with zero attached hydrogens (tertiary/aromatic N) is 2. The highest BCUT2D eigenvalue weighted by molar-refractivity contribution is 5.95. The Balaban J connectivity index is 0.00000225. The maximum atomic E-state index is 12.5. The highest BCUT2D eigenvalue weighted by atomic mass is 79.9. The zero-order chi connectivity index (χ0) is 17.3. The lowest BCUT2D eigenvalue weighted by Crippen LogP contribution is -3.00. The summed E-state index contributed by atoms with van der Waals surface area (Å²) in [6.07, 6.45) is 1.94. The van der Waals surface area contributed by atoms with E-state index in [-0.39, 0.29) is 29.3 Å². The Morgan fingerprint density at radius 2 is 1.52 bits per heavy atom. The van der Waals surface area contributed by atoms with Gasteiger partial charge in [0.25, 0.3) is 0 Å². The van der Waals surface area contributed by atoms with Gasteiger partial charge in [-0.3, -0.25) is 10.5 Å². The number of nitrogens with two attached hydrogens (primary N) is 1. The molecule has 0 radical (unpaired) electrons. The molecule has 0 atom stereocenters. The Morgan fingerprint density at radius 1 is 1.00 bits per heavy atom. The molecule has 25 heavy (non-hydrogen) atoms. The molecule has 3 aromatic rings. The van der Waals surface area contributed by atoms with Gasteiger partial charge in [0.2, 0.25) is 0 Å². The van der Waals surface area contributed by atoms with Crippen molar-refractivity contribution in [2.45, 2.75) is 20.4 Å². The number of anilines is 1. The second kappa shape index (κ2) is 7.66. The molecule has 0 bridgehead atoms. The standard InChI is InChI=1S/C20H21N3O.BrH/c1-14-4-8-16(9-5-14)18-12-23(20(21)22(18)3)13-19(24)17-10-6-15(2)7-11-17;/h4-12,21H,13H2,1-3H3;1H. The van der Waals surface area contributed by atoms with Gasteiger partial charge in [-0.05, 0) is 13.8 Å². The Labute approximate surface area is 158 Å². The summed E-state index contributed by atoms with van der Waals surface area (Å²) in [5.41, 5.74) is 11.3. The van der Waals surface area contributed by atoms with Gasteiger partial charge in [0.15, 0.2) is 5.78 Å². The molecule has 0 spiro atoms. The van der Waals surface area contributed by atoms with Crippen LogP contribution in [-0.2, 0) is 13.6 Å². The summed E-state index contributed by atoms with van der Waals surface area (Å²) in [7, 11) is 1.91. The number of rotatable bonds is 4. The van der Waals surface area contributed by atoms with Crippen LogP contribution < -0.4 is 27.3 Å². The number of benzene rings is 2. The van der Waals surface area contributed by atoms with Crippen molar-refractivity contribution in [3.05, 3.63) is 71.4 Å². The summed E-state index contributed by atoms with van der Waals surface area (Å²) >= 11 is 0. The molecule has 1 aromatic heterocycles. The van der Waals surface area contributed by atoms with E-state index < -0.39 is 0 Å². The minimum absolute atomic E-state index is 0. The minimum Gasteiger partial charge on any atom is -1.00 e. The largest absolute Gasteiger partial charge is 1.00 e. The quantitative estimate of drug-likeness (QED) is 0.498. The molecule has 3 rings (SSSR count). The van der Waals surface area contributed by atoms with Crippen LogP contribution in [0.25, 0.3) is 11.3 Å². The summed E-state index contributed by atoms with van der Waals surface area (Å²) in [6, 6.07) is 15.9. The van der Waals surface area contributed by atoms with Crippen molar-refractivity contribution in [3.8, 4) is 11.3 Å². The third-order valence-corrected chi connectivity index (χ3v) is 4.31. The first-order valence-corrected chi connectivity index (χ1v) is 7.97. The number of ketones is 1. The van der Waals surface area contributed by atoms with Crippen LogP contribution in [0.15, 0.2) is 54.7 Å². The van der Waals surface area contributed by atoms with E-state index in [9.17, 15) is 4.79 Å². The van der Waals surface area contributed by atoms with E-state index in [1.807, 2.05) is 49.0 Å². The third-order valence-electron chi connectivity index (χ3n) is 4.31. The monoisotopic (exact) mass is 399 g/mol. The number of imidazole rings is 1. The molecule has 0 aliphatic carbocycles. The predicted octanol–water partition coefficient (Wildman–Crippen LogP) is 0.0655. The van der Waals surface area contributed by atoms with Crippen molar-refractivity contribution in [1.82, 2.24) is 4.57 Å². The number of Topliss-reactive ketones (excluding diaryl/α,β-unsaturated/α-hetero) is 1. The van der Waals surface area contributed by atoms with Crippen LogP contribution >= 0.6 is 0 Å². The van der Waals surface area contributed by atoms with Crippen LogP contribution in [0.2, 0.25) is 0 Å². The van der Waals surface area contributed by atoms with Crippen molar-refractivity contribution < 1.29 is 26.3 Å². The molecular weight excluding hydrogens is 378 g/mol. The molecule has 130 valence electrons. The Morgan fingerprint density at radius 3 is 2.08 bits per heavy atom. The average molecular weight is 400 g/mol. The second-order valence-corrected chi connectivity index (χ2v) is 6.21. The molecule has 1 heterocycles. The molecule has 0 saturated carbocycles. The van der Waals surface area contributed by atoms with Gasteiger partial charge in [-0.1, -0.05) is 59.7 Å². The summed E-state index contributed by atoms with van der Waals surface area (Å²) in [5.74, 6) is 0.610. The van der Waals surface area contributed by atoms with Gasteiger partial charge in [0, 0.05) is 11.1 Å². The van der Waals surface area contributed by atoms with Crippen LogP contribution in [-0.4, -0.2) is 10.4 Å². The van der Waals surface area contributed by atoms with Crippen LogP contribution in [0.1, 0.15) is 21.5 Å². The minimum atomic E-state index is 0. The van der Waals surface area contributed by atoms with Gasteiger partial charge in [0.1, 0.15) is 18.4 Å². The normalized spacial score (nSPS) is 10.4. The van der Waals surface area contributed by atoms with E-state index in [0.717, 1.165) is 16.8 Å². The van der Waals surface area contributed by atoms with Crippen molar-refractivity contribution in [2.24, 2.45) is 7.05 Å². The molecule has 0 aliphatic rings. The zero-order valence-corrected chi connectivity index (χ0v) is 16.2. The smallest absolute Gasteiger partial charge is 0.355 e. The van der Waals surface area contributed by atoms with Crippen molar-refractivity contribution in [3.63, 3.8) is 0 Å². The second-order valence-electron chi connectivity index (χ2n) is 6.21. The van der Waals surface area contributed by atoms with E-state index in [4.69, 9.17) is 5.73 Å². The molecule has 4 nitrogen and oxygen atoms in total. The van der Waals surface area contributed by atoms with E-state index in [1.54, 1.807) is 4.57 Å². The molecule has 0 fully saturated rings. The van der Waals surface area contributed by atoms with Gasteiger partial charge in [0.05, 0.1) is 7.05 Å². The van der Waals surface area contributed by atoms with Gasteiger partial charge in [-0.2, -0.15) is 0 Å². The maximum absolute atomic E-state index is 12.5. The highest BCUT2D eigenvalue weighted by Gasteiger charge is 2.20. The maximum Gasteiger partial charge on any atom is 0.355 e. The van der Waals surface area contributed by atoms with E-state index in [2.05, 4.69) is 31.2 Å². The lowest BCUT2D eigenvalue weighted by atomic mass is 10.1. The highest BCUT2D eigenvalue weighted by Crippen LogP contribution is 2.20. The van der Waals surface area contributed by atoms with Gasteiger partial charge in [-0.25, -0.2) is 9.13 Å². The van der Waals surface area contributed by atoms with Gasteiger partial charge < -0.3 is 17.0 Å². The van der Waals surface area contributed by atoms with E-state index >= 15 is 0 Å². The summed E-state index contributed by atoms with van der Waals surface area (Å²) in [6.45, 7) is 4.30. The number of aromatic nitrogens is 2. The van der Waals surface area contributed by atoms with Crippen LogP contribution in [0, 0.1) is 13.8 Å². The molecule has 2 N–H and O–H groups in total. The number of halogens is 1. The fraction of sp³-hybridized carbons (Fsp3) is 0.200. The van der Waals surface area contributed by atoms with Crippen molar-refractivity contribution >= 4 is 11.7 Å². The number of aryl methyl sites for hydroxylation is 2. The van der Waals surface area contributed by atoms with Crippen molar-refractivity contribution in [2.75, 3.05) is 5.73 Å². The van der Waals surface area contributed by atoms with Crippen LogP contribution in [0.5, 0.6) is 0 Å². The first kappa shape index (κ1) is 18.9. The fourth-order valence-corrected chi connectivity index (χ4v) is 2.72. The zero-order valence-electron chi connectivity index (χ0n) is 14.7. The third kappa shape index (κ3) is 3.99. The number of carbonyl (C=O) groups is 1. The Hall–Kier alpha value is -2.40. The number of nitrogen functional groups attached to an aromatic ring is 1. The molecular formula is C20H22BrN3O. The number of hydrogen-bond donors (Lipinski definition) is 1. The average Bonchev–Trinajstić information content (AvgIpc) is 2.85. The van der Waals surface area contributed by atoms with Gasteiger partial charge >= 0.3 is 5.95 Å². The molecule has 0 amide bonds. The molecule has 0 unspecified atom stereocenters. The van der Waals surface area contributed by atoms with Crippen LogP contribution in [0.4, 0.5) is 5.95 Å². The van der Waals surface area contributed by atoms with E-state index in [0.29, 0.717) is 11.5 Å². The molecule has 0 aliphatic heterocycles. The molecule has 2 aromatic carbocycles. The first-order valence-electron chi connectivity index (χ1n) is 7.97.